The van der Waals surface area contributed by atoms with Crippen LogP contribution in [0, 0.1) is 0 Å². The molecule has 0 atom stereocenters. The topological polar surface area (TPSA) is 55.6 Å². The van der Waals surface area contributed by atoms with Crippen molar-refractivity contribution in [2.24, 2.45) is 5.73 Å². The molecule has 1 heterocycles. The molecule has 0 radical (unpaired) electrons. The molecule has 0 aromatic carbocycles. The number of hydrogen-bond donors (Lipinski definition) is 1. The Kier molecular flexibility index (Phi) is 4.67. The van der Waals surface area contributed by atoms with Gasteiger partial charge in [0.2, 0.25) is 0 Å². The number of rotatable bonds is 1. The minimum Gasteiger partial charge on any atom is -0.468 e. The van der Waals surface area contributed by atoms with Gasteiger partial charge < -0.3 is 15.4 Å². The van der Waals surface area contributed by atoms with E-state index in [2.05, 4.69) is 9.64 Å². The summed E-state index contributed by atoms with van der Waals surface area (Å²) in [6, 6.07) is 0. The number of likely N-dealkylation sites (tertiary alicyclic amines) is 1. The molecule has 1 saturated heterocycles. The Morgan fingerprint density at radius 1 is 1.46 bits per heavy atom. The molecule has 13 heavy (non-hydrogen) atoms. The number of carbonyl (C=O) groups is 1. The van der Waals surface area contributed by atoms with E-state index in [0.29, 0.717) is 12.8 Å². The fourth-order valence-corrected chi connectivity index (χ4v) is 1.42. The van der Waals surface area contributed by atoms with Gasteiger partial charge in [-0.05, 0) is 19.9 Å². The second-order valence-corrected chi connectivity index (χ2v) is 3.45. The maximum absolute atomic E-state index is 11.2. The molecule has 78 valence electrons. The number of carbonyl (C=O) groups excluding carboxylic acids is 1. The Hall–Kier alpha value is -0.320. The molecule has 0 spiro atoms. The third-order valence-electron chi connectivity index (χ3n) is 2.47. The lowest BCUT2D eigenvalue weighted by molar-refractivity contribution is -0.148. The number of esters is 1. The first-order chi connectivity index (χ1) is 5.58. The number of methoxy groups -OCH3 is 1. The molecule has 1 fully saturated rings. The molecule has 0 aliphatic carbocycles. The lowest BCUT2D eigenvalue weighted by Gasteiger charge is -2.34. The molecule has 1 aliphatic rings. The van der Waals surface area contributed by atoms with E-state index < -0.39 is 5.54 Å². The molecule has 0 bridgehead atoms. The SMILES string of the molecule is COC(=O)C1(N)CCN(C)CC1.Cl. The van der Waals surface area contributed by atoms with Gasteiger partial charge in [-0.25, -0.2) is 0 Å². The van der Waals surface area contributed by atoms with Crippen LogP contribution in [-0.4, -0.2) is 43.7 Å². The van der Waals surface area contributed by atoms with Crippen LogP contribution in [0.4, 0.5) is 0 Å². The summed E-state index contributed by atoms with van der Waals surface area (Å²) in [5, 5.41) is 0. The van der Waals surface area contributed by atoms with Crippen LogP contribution in [0.15, 0.2) is 0 Å². The fraction of sp³-hybridized carbons (Fsp3) is 0.875. The van der Waals surface area contributed by atoms with E-state index in [1.165, 1.54) is 7.11 Å². The molecule has 0 unspecified atom stereocenters. The number of nitrogens with zero attached hydrogens (tertiary/aromatic N) is 1. The largest absolute Gasteiger partial charge is 0.468 e. The predicted octanol–water partition coefficient (Wildman–Crippen LogP) is 0.00430. The summed E-state index contributed by atoms with van der Waals surface area (Å²) in [6.07, 6.45) is 1.38. The number of piperidine rings is 1. The van der Waals surface area contributed by atoms with Gasteiger partial charge in [-0.1, -0.05) is 0 Å². The van der Waals surface area contributed by atoms with Gasteiger partial charge in [0, 0.05) is 13.1 Å². The first-order valence-electron chi connectivity index (χ1n) is 4.14. The highest BCUT2D eigenvalue weighted by Gasteiger charge is 2.37. The molecule has 0 aromatic rings. The number of hydrogen-bond acceptors (Lipinski definition) is 4. The van der Waals surface area contributed by atoms with E-state index in [4.69, 9.17) is 5.73 Å². The van der Waals surface area contributed by atoms with E-state index in [0.717, 1.165) is 13.1 Å². The van der Waals surface area contributed by atoms with Gasteiger partial charge in [-0.2, -0.15) is 0 Å². The van der Waals surface area contributed by atoms with Crippen molar-refractivity contribution in [1.29, 1.82) is 0 Å². The van der Waals surface area contributed by atoms with Crippen LogP contribution < -0.4 is 5.73 Å². The molecular formula is C8H17ClN2O2. The zero-order chi connectivity index (χ0) is 9.19. The lowest BCUT2D eigenvalue weighted by atomic mass is 9.89. The van der Waals surface area contributed by atoms with Crippen LogP contribution in [0.2, 0.25) is 0 Å². The van der Waals surface area contributed by atoms with Crippen molar-refractivity contribution in [1.82, 2.24) is 4.90 Å². The second kappa shape index (κ2) is 4.79. The summed E-state index contributed by atoms with van der Waals surface area (Å²) in [7, 11) is 3.41. The summed E-state index contributed by atoms with van der Waals surface area (Å²) < 4.78 is 4.65. The summed E-state index contributed by atoms with van der Waals surface area (Å²) in [6.45, 7) is 1.73. The van der Waals surface area contributed by atoms with Gasteiger partial charge >= 0.3 is 5.97 Å². The molecule has 1 rings (SSSR count). The van der Waals surface area contributed by atoms with Crippen LogP contribution in [0.1, 0.15) is 12.8 Å². The van der Waals surface area contributed by atoms with Crippen molar-refractivity contribution in [3.63, 3.8) is 0 Å². The Bertz CT molecular complexity index is 179. The molecule has 1 aliphatic heterocycles. The van der Waals surface area contributed by atoms with Crippen LogP contribution in [0.5, 0.6) is 0 Å². The Balaban J connectivity index is 0.00000144. The van der Waals surface area contributed by atoms with E-state index in [9.17, 15) is 4.79 Å². The van der Waals surface area contributed by atoms with Crippen LogP contribution in [-0.2, 0) is 9.53 Å². The van der Waals surface area contributed by atoms with Crippen LogP contribution >= 0.6 is 12.4 Å². The molecule has 0 saturated carbocycles. The molecule has 5 heteroatoms. The quantitative estimate of drug-likeness (QED) is 0.617. The minimum absolute atomic E-state index is 0. The third-order valence-corrected chi connectivity index (χ3v) is 2.47. The maximum atomic E-state index is 11.2. The summed E-state index contributed by atoms with van der Waals surface area (Å²) in [4.78, 5) is 13.4. The van der Waals surface area contributed by atoms with Gasteiger partial charge in [-0.3, -0.25) is 4.79 Å². The number of halogens is 1. The van der Waals surface area contributed by atoms with Crippen molar-refractivity contribution < 1.29 is 9.53 Å². The van der Waals surface area contributed by atoms with E-state index in [1.807, 2.05) is 7.05 Å². The Morgan fingerprint density at radius 3 is 2.31 bits per heavy atom. The van der Waals surface area contributed by atoms with Crippen LogP contribution in [0.25, 0.3) is 0 Å². The first-order valence-corrected chi connectivity index (χ1v) is 4.14. The molecular weight excluding hydrogens is 192 g/mol. The highest BCUT2D eigenvalue weighted by molar-refractivity contribution is 5.85. The van der Waals surface area contributed by atoms with Crippen molar-refractivity contribution in [3.05, 3.63) is 0 Å². The normalized spacial score (nSPS) is 21.8. The van der Waals surface area contributed by atoms with Crippen molar-refractivity contribution in [2.45, 2.75) is 18.4 Å². The highest BCUT2D eigenvalue weighted by Crippen LogP contribution is 2.19. The van der Waals surface area contributed by atoms with Crippen LogP contribution in [0.3, 0.4) is 0 Å². The smallest absolute Gasteiger partial charge is 0.325 e. The first kappa shape index (κ1) is 12.7. The van der Waals surface area contributed by atoms with Gasteiger partial charge in [0.25, 0.3) is 0 Å². The fourth-order valence-electron chi connectivity index (χ4n) is 1.42. The monoisotopic (exact) mass is 208 g/mol. The van der Waals surface area contributed by atoms with E-state index in [1.54, 1.807) is 0 Å². The van der Waals surface area contributed by atoms with Crippen molar-refractivity contribution in [3.8, 4) is 0 Å². The second-order valence-electron chi connectivity index (χ2n) is 3.45. The van der Waals surface area contributed by atoms with E-state index >= 15 is 0 Å². The molecule has 4 nitrogen and oxygen atoms in total. The highest BCUT2D eigenvalue weighted by atomic mass is 35.5. The number of nitrogens with two attached hydrogens (primary N) is 1. The Labute approximate surface area is 84.8 Å². The summed E-state index contributed by atoms with van der Waals surface area (Å²) in [5.74, 6) is -0.282. The van der Waals surface area contributed by atoms with Gasteiger partial charge in [0.15, 0.2) is 0 Å². The third kappa shape index (κ3) is 2.83. The number of ether oxygens (including phenoxy) is 1. The predicted molar refractivity (Wildman–Crippen MR) is 52.9 cm³/mol. The average Bonchev–Trinajstić information content (AvgIpc) is 2.09. The standard InChI is InChI=1S/C8H16N2O2.ClH/c1-10-5-3-8(9,4-6-10)7(11)12-2;/h3-6,9H2,1-2H3;1H. The summed E-state index contributed by atoms with van der Waals surface area (Å²) in [5.41, 5.74) is 5.14. The zero-order valence-corrected chi connectivity index (χ0v) is 8.89. The van der Waals surface area contributed by atoms with Gasteiger partial charge in [0.1, 0.15) is 5.54 Å². The van der Waals surface area contributed by atoms with Gasteiger partial charge in [-0.15, -0.1) is 12.4 Å². The van der Waals surface area contributed by atoms with Crippen molar-refractivity contribution in [2.75, 3.05) is 27.2 Å². The maximum Gasteiger partial charge on any atom is 0.325 e. The zero-order valence-electron chi connectivity index (χ0n) is 8.08. The van der Waals surface area contributed by atoms with E-state index in [-0.39, 0.29) is 18.4 Å². The molecule has 2 N–H and O–H groups in total. The van der Waals surface area contributed by atoms with Gasteiger partial charge in [0.05, 0.1) is 7.11 Å². The van der Waals surface area contributed by atoms with Crippen molar-refractivity contribution >= 4 is 18.4 Å². The lowest BCUT2D eigenvalue weighted by Crippen LogP contribution is -2.55. The Morgan fingerprint density at radius 2 is 1.92 bits per heavy atom. The average molecular weight is 209 g/mol. The molecule has 0 aromatic heterocycles. The molecule has 0 amide bonds. The minimum atomic E-state index is -0.735. The summed E-state index contributed by atoms with van der Waals surface area (Å²) >= 11 is 0.